The van der Waals surface area contributed by atoms with Gasteiger partial charge in [0.25, 0.3) is 0 Å². The Morgan fingerprint density at radius 3 is 1.89 bits per heavy atom. The minimum absolute atomic E-state index is 0.351. The maximum atomic E-state index is 11.4. The Bertz CT molecular complexity index is 477. The molecule has 0 aliphatic rings. The Labute approximate surface area is 111 Å². The Morgan fingerprint density at radius 1 is 1.06 bits per heavy atom. The van der Waals surface area contributed by atoms with Crippen LogP contribution >= 0.6 is 0 Å². The van der Waals surface area contributed by atoms with E-state index in [2.05, 4.69) is 26.1 Å². The minimum Gasteiger partial charge on any atom is -0.316 e. The van der Waals surface area contributed by atoms with Gasteiger partial charge in [0.15, 0.2) is 9.84 Å². The average molecular weight is 269 g/mol. The molecule has 0 saturated heterocycles. The van der Waals surface area contributed by atoms with Gasteiger partial charge in [0.2, 0.25) is 0 Å². The molecule has 4 heteroatoms. The van der Waals surface area contributed by atoms with Gasteiger partial charge in [-0.25, -0.2) is 8.42 Å². The first-order valence-electron chi connectivity index (χ1n) is 6.24. The summed E-state index contributed by atoms with van der Waals surface area (Å²) in [4.78, 5) is 0.379. The molecule has 0 bridgehead atoms. The van der Waals surface area contributed by atoms with Crippen molar-refractivity contribution in [2.24, 2.45) is 5.92 Å². The van der Waals surface area contributed by atoms with Crippen LogP contribution in [0.4, 0.5) is 0 Å². The second kappa shape index (κ2) is 5.85. The van der Waals surface area contributed by atoms with Crippen molar-refractivity contribution in [3.05, 3.63) is 29.8 Å². The van der Waals surface area contributed by atoms with Crippen LogP contribution in [0.2, 0.25) is 0 Å². The molecule has 0 spiro atoms. The smallest absolute Gasteiger partial charge is 0.175 e. The highest BCUT2D eigenvalue weighted by Gasteiger charge is 2.20. The van der Waals surface area contributed by atoms with Crippen molar-refractivity contribution in [2.75, 3.05) is 13.3 Å². The monoisotopic (exact) mass is 269 g/mol. The molecule has 18 heavy (non-hydrogen) atoms. The molecule has 1 rings (SSSR count). The topological polar surface area (TPSA) is 46.2 Å². The first-order valence-corrected chi connectivity index (χ1v) is 8.13. The lowest BCUT2D eigenvalue weighted by atomic mass is 9.86. The van der Waals surface area contributed by atoms with Crippen molar-refractivity contribution in [3.63, 3.8) is 0 Å². The fourth-order valence-electron chi connectivity index (χ4n) is 2.39. The van der Waals surface area contributed by atoms with Crippen LogP contribution in [0.3, 0.4) is 0 Å². The zero-order chi connectivity index (χ0) is 13.9. The number of sulfone groups is 1. The Kier molecular flexibility index (Phi) is 4.93. The van der Waals surface area contributed by atoms with E-state index in [-0.39, 0.29) is 0 Å². The molecule has 2 atom stereocenters. The van der Waals surface area contributed by atoms with Crippen molar-refractivity contribution in [1.82, 2.24) is 5.32 Å². The van der Waals surface area contributed by atoms with Crippen molar-refractivity contribution in [1.29, 1.82) is 0 Å². The highest BCUT2D eigenvalue weighted by Crippen LogP contribution is 2.24. The van der Waals surface area contributed by atoms with Crippen LogP contribution in [0, 0.1) is 5.92 Å². The number of hydrogen-bond donors (Lipinski definition) is 1. The van der Waals surface area contributed by atoms with Crippen LogP contribution in [-0.2, 0) is 9.84 Å². The molecule has 0 heterocycles. The standard InChI is InChI=1S/C14H23NO2S/c1-10(2)14(15-4)11(3)12-6-8-13(9-7-12)18(5,16)17/h6-11,14-15H,1-5H3. The van der Waals surface area contributed by atoms with Gasteiger partial charge < -0.3 is 5.32 Å². The summed E-state index contributed by atoms with van der Waals surface area (Å²) in [5.41, 5.74) is 1.16. The molecule has 1 N–H and O–H groups in total. The molecule has 1 aromatic rings. The molecule has 0 aliphatic heterocycles. The van der Waals surface area contributed by atoms with Crippen LogP contribution in [0.25, 0.3) is 0 Å². The van der Waals surface area contributed by atoms with E-state index in [1.54, 1.807) is 12.1 Å². The summed E-state index contributed by atoms with van der Waals surface area (Å²) in [7, 11) is -1.14. The van der Waals surface area contributed by atoms with Crippen molar-refractivity contribution in [3.8, 4) is 0 Å². The van der Waals surface area contributed by atoms with Gasteiger partial charge in [-0.1, -0.05) is 32.9 Å². The average Bonchev–Trinajstić information content (AvgIpc) is 2.28. The molecule has 3 nitrogen and oxygen atoms in total. The van der Waals surface area contributed by atoms with E-state index in [1.807, 2.05) is 19.2 Å². The normalized spacial score (nSPS) is 15.7. The number of hydrogen-bond acceptors (Lipinski definition) is 3. The third-order valence-corrected chi connectivity index (χ3v) is 4.55. The Balaban J connectivity index is 2.98. The highest BCUT2D eigenvalue weighted by molar-refractivity contribution is 7.90. The third kappa shape index (κ3) is 3.56. The molecule has 0 saturated carbocycles. The number of nitrogens with one attached hydrogen (secondary N) is 1. The highest BCUT2D eigenvalue weighted by atomic mass is 32.2. The summed E-state index contributed by atoms with van der Waals surface area (Å²) in [6.07, 6.45) is 1.23. The molecular weight excluding hydrogens is 246 g/mol. The number of likely N-dealkylation sites (N-methyl/N-ethyl adjacent to an activating group) is 1. The maximum absolute atomic E-state index is 11.4. The molecule has 0 aromatic heterocycles. The lowest BCUT2D eigenvalue weighted by Crippen LogP contribution is -2.35. The van der Waals surface area contributed by atoms with E-state index in [0.29, 0.717) is 22.8 Å². The third-order valence-electron chi connectivity index (χ3n) is 3.42. The van der Waals surface area contributed by atoms with Gasteiger partial charge in [-0.15, -0.1) is 0 Å². The minimum atomic E-state index is -3.10. The second-order valence-corrected chi connectivity index (χ2v) is 7.20. The first-order chi connectivity index (χ1) is 8.27. The number of rotatable bonds is 5. The van der Waals surface area contributed by atoms with Gasteiger partial charge in [0.05, 0.1) is 4.90 Å². The van der Waals surface area contributed by atoms with Gasteiger partial charge >= 0.3 is 0 Å². The Hall–Kier alpha value is -0.870. The van der Waals surface area contributed by atoms with Gasteiger partial charge in [-0.3, -0.25) is 0 Å². The molecule has 1 aromatic carbocycles. The van der Waals surface area contributed by atoms with E-state index in [1.165, 1.54) is 6.26 Å². The Morgan fingerprint density at radius 2 is 1.56 bits per heavy atom. The predicted molar refractivity (Wildman–Crippen MR) is 75.7 cm³/mol. The van der Waals surface area contributed by atoms with Crippen LogP contribution in [-0.4, -0.2) is 27.8 Å². The largest absolute Gasteiger partial charge is 0.316 e. The molecule has 0 amide bonds. The van der Waals surface area contributed by atoms with Crippen LogP contribution in [0.1, 0.15) is 32.3 Å². The molecule has 102 valence electrons. The van der Waals surface area contributed by atoms with Gasteiger partial charge in [-0.2, -0.15) is 0 Å². The van der Waals surface area contributed by atoms with Crippen molar-refractivity contribution >= 4 is 9.84 Å². The molecule has 0 radical (unpaired) electrons. The van der Waals surface area contributed by atoms with Gasteiger partial charge in [0.1, 0.15) is 0 Å². The second-order valence-electron chi connectivity index (χ2n) is 5.19. The summed E-state index contributed by atoms with van der Waals surface area (Å²) in [5, 5.41) is 3.33. The first kappa shape index (κ1) is 15.2. The molecular formula is C14H23NO2S. The molecule has 2 unspecified atom stereocenters. The lowest BCUT2D eigenvalue weighted by molar-refractivity contribution is 0.376. The summed E-state index contributed by atoms with van der Waals surface area (Å²) in [6.45, 7) is 6.53. The van der Waals surface area contributed by atoms with Crippen LogP contribution in [0.15, 0.2) is 29.2 Å². The van der Waals surface area contributed by atoms with Crippen LogP contribution < -0.4 is 5.32 Å². The zero-order valence-electron chi connectivity index (χ0n) is 11.8. The van der Waals surface area contributed by atoms with E-state index in [0.717, 1.165) is 5.56 Å². The van der Waals surface area contributed by atoms with Crippen LogP contribution in [0.5, 0.6) is 0 Å². The summed E-state index contributed by atoms with van der Waals surface area (Å²) < 4.78 is 22.8. The predicted octanol–water partition coefficient (Wildman–Crippen LogP) is 2.44. The lowest BCUT2D eigenvalue weighted by Gasteiger charge is -2.27. The summed E-state index contributed by atoms with van der Waals surface area (Å²) >= 11 is 0. The summed E-state index contributed by atoms with van der Waals surface area (Å²) in [6, 6.07) is 7.58. The molecule has 0 aliphatic carbocycles. The maximum Gasteiger partial charge on any atom is 0.175 e. The molecule has 0 fully saturated rings. The SMILES string of the molecule is CNC(C(C)C)C(C)c1ccc(S(C)(=O)=O)cc1. The van der Waals surface area contributed by atoms with Gasteiger partial charge in [0, 0.05) is 12.3 Å². The fraction of sp³-hybridized carbons (Fsp3) is 0.571. The quantitative estimate of drug-likeness (QED) is 0.893. The van der Waals surface area contributed by atoms with E-state index in [9.17, 15) is 8.42 Å². The van der Waals surface area contributed by atoms with Gasteiger partial charge in [-0.05, 0) is 36.6 Å². The zero-order valence-corrected chi connectivity index (χ0v) is 12.6. The van der Waals surface area contributed by atoms with Crippen molar-refractivity contribution in [2.45, 2.75) is 37.6 Å². The fourth-order valence-corrected chi connectivity index (χ4v) is 3.02. The van der Waals surface area contributed by atoms with Crippen molar-refractivity contribution < 1.29 is 8.42 Å². The van der Waals surface area contributed by atoms with E-state index in [4.69, 9.17) is 0 Å². The summed E-state index contributed by atoms with van der Waals surface area (Å²) in [5.74, 6) is 0.878. The van der Waals surface area contributed by atoms with E-state index >= 15 is 0 Å². The van der Waals surface area contributed by atoms with E-state index < -0.39 is 9.84 Å². The number of benzene rings is 1.